The monoisotopic (exact) mass is 189 g/mol. The van der Waals surface area contributed by atoms with E-state index in [1.807, 2.05) is 25.2 Å². The van der Waals surface area contributed by atoms with Gasteiger partial charge in [0.2, 0.25) is 0 Å². The second kappa shape index (κ2) is 3.27. The summed E-state index contributed by atoms with van der Waals surface area (Å²) in [5.74, 6) is 0.239. The van der Waals surface area contributed by atoms with Crippen LogP contribution in [0.3, 0.4) is 0 Å². The molecule has 2 rings (SSSR count). The minimum atomic E-state index is 0.239. The summed E-state index contributed by atoms with van der Waals surface area (Å²) >= 11 is 0. The van der Waals surface area contributed by atoms with Crippen LogP contribution >= 0.6 is 0 Å². The molecule has 1 N–H and O–H groups in total. The van der Waals surface area contributed by atoms with Crippen LogP contribution in [0.5, 0.6) is 0 Å². The Hall–Kier alpha value is -1.61. The van der Waals surface area contributed by atoms with Crippen LogP contribution in [-0.4, -0.2) is 23.0 Å². The van der Waals surface area contributed by atoms with Crippen molar-refractivity contribution in [1.82, 2.24) is 0 Å². The van der Waals surface area contributed by atoms with Gasteiger partial charge >= 0.3 is 0 Å². The highest BCUT2D eigenvalue weighted by molar-refractivity contribution is 5.75. The van der Waals surface area contributed by atoms with Gasteiger partial charge in [-0.05, 0) is 0 Å². The molecule has 3 heteroatoms. The van der Waals surface area contributed by atoms with Gasteiger partial charge in [0.15, 0.2) is 12.0 Å². The molecule has 1 aliphatic heterocycles. The van der Waals surface area contributed by atoms with Gasteiger partial charge in [-0.1, -0.05) is 35.4 Å². The first-order chi connectivity index (χ1) is 6.68. The summed E-state index contributed by atoms with van der Waals surface area (Å²) in [5, 5.41) is 13.5. The number of allylic oxidation sites excluding steroid dienone is 1. The zero-order chi connectivity index (χ0) is 10.0. The molecule has 1 unspecified atom stereocenters. The van der Waals surface area contributed by atoms with E-state index in [4.69, 9.17) is 0 Å². The highest BCUT2D eigenvalue weighted by Crippen LogP contribution is 2.18. The van der Waals surface area contributed by atoms with E-state index in [0.29, 0.717) is 4.59 Å². The van der Waals surface area contributed by atoms with Gasteiger partial charge in [0, 0.05) is 5.56 Å². The van der Waals surface area contributed by atoms with E-state index in [9.17, 15) is 5.11 Å². The summed E-state index contributed by atoms with van der Waals surface area (Å²) in [6, 6.07) is 10.1. The number of quaternary nitrogens is 1. The predicted octanol–water partition coefficient (Wildman–Crippen LogP) is 2.03. The van der Waals surface area contributed by atoms with Crippen LogP contribution in [0.4, 0.5) is 0 Å². The van der Waals surface area contributed by atoms with Crippen molar-refractivity contribution in [3.63, 3.8) is 0 Å². The first-order valence-electron chi connectivity index (χ1n) is 4.55. The lowest BCUT2D eigenvalue weighted by Crippen LogP contribution is -2.29. The Morgan fingerprint density at radius 2 is 2.00 bits per heavy atom. The van der Waals surface area contributed by atoms with Crippen LogP contribution in [-0.2, 0) is 6.54 Å². The molecular formula is C11H13N2O+. The molecule has 0 fully saturated rings. The van der Waals surface area contributed by atoms with E-state index < -0.39 is 0 Å². The molecule has 1 aromatic rings. The first-order valence-corrected chi connectivity index (χ1v) is 4.55. The molecule has 0 aromatic heterocycles. The third-order valence-electron chi connectivity index (χ3n) is 2.21. The summed E-state index contributed by atoms with van der Waals surface area (Å²) < 4.78 is 0.385. The fourth-order valence-corrected chi connectivity index (χ4v) is 1.58. The lowest BCUT2D eigenvalue weighted by atomic mass is 10.2. The van der Waals surface area contributed by atoms with E-state index in [1.165, 1.54) is 11.8 Å². The fraction of sp³-hybridized carbons (Fsp3) is 0.182. The first kappa shape index (κ1) is 8.97. The number of hydrogen-bond acceptors (Lipinski definition) is 2. The summed E-state index contributed by atoms with van der Waals surface area (Å²) in [4.78, 5) is 0. The number of aliphatic hydroxyl groups is 1. The molecule has 0 saturated carbocycles. The maximum absolute atomic E-state index is 9.24. The molecule has 3 nitrogen and oxygen atoms in total. The van der Waals surface area contributed by atoms with Crippen molar-refractivity contribution in [3.8, 4) is 0 Å². The molecule has 72 valence electrons. The van der Waals surface area contributed by atoms with Gasteiger partial charge < -0.3 is 5.11 Å². The van der Waals surface area contributed by atoms with Crippen LogP contribution in [0, 0.1) is 0 Å². The minimum absolute atomic E-state index is 0.239. The van der Waals surface area contributed by atoms with Gasteiger partial charge in [-0.3, -0.25) is 0 Å². The van der Waals surface area contributed by atoms with Gasteiger partial charge in [0.05, 0.1) is 7.05 Å². The molecule has 0 saturated heterocycles. The third-order valence-corrected chi connectivity index (χ3v) is 2.21. The molecule has 0 amide bonds. The smallest absolute Gasteiger partial charge is 0.195 e. The van der Waals surface area contributed by atoms with Crippen molar-refractivity contribution in [2.24, 2.45) is 5.10 Å². The summed E-state index contributed by atoms with van der Waals surface area (Å²) in [6.07, 6.45) is 3.22. The Morgan fingerprint density at radius 1 is 1.29 bits per heavy atom. The van der Waals surface area contributed by atoms with Crippen molar-refractivity contribution >= 4 is 6.21 Å². The van der Waals surface area contributed by atoms with E-state index >= 15 is 0 Å². The SMILES string of the molecule is C[N+]1(Cc2ccccc2)C=C(O)C=N1. The zero-order valence-electron chi connectivity index (χ0n) is 8.09. The molecule has 0 spiro atoms. The van der Waals surface area contributed by atoms with E-state index in [0.717, 1.165) is 6.54 Å². The largest absolute Gasteiger partial charge is 0.502 e. The Morgan fingerprint density at radius 3 is 2.57 bits per heavy atom. The topological polar surface area (TPSA) is 32.6 Å². The quantitative estimate of drug-likeness (QED) is 0.709. The molecular weight excluding hydrogens is 176 g/mol. The maximum Gasteiger partial charge on any atom is 0.195 e. The zero-order valence-corrected chi connectivity index (χ0v) is 8.09. The standard InChI is InChI=1S/C11H12N2O/c1-13(9-11(14)7-12-13)8-10-5-3-2-4-6-10/h2-7,9H,8H2,1H3/p+1. The summed E-state index contributed by atoms with van der Waals surface area (Å²) in [5.41, 5.74) is 1.21. The van der Waals surface area contributed by atoms with Gasteiger partial charge in [0.1, 0.15) is 12.8 Å². The molecule has 1 atom stereocenters. The van der Waals surface area contributed by atoms with E-state index in [-0.39, 0.29) is 5.76 Å². The number of hydrogen-bond donors (Lipinski definition) is 1. The van der Waals surface area contributed by atoms with E-state index in [2.05, 4.69) is 17.2 Å². The molecule has 14 heavy (non-hydrogen) atoms. The number of nitrogens with zero attached hydrogens (tertiary/aromatic N) is 2. The molecule has 1 aromatic carbocycles. The summed E-state index contributed by atoms with van der Waals surface area (Å²) in [6.45, 7) is 0.765. The molecule has 0 bridgehead atoms. The number of benzene rings is 1. The van der Waals surface area contributed by atoms with Crippen LogP contribution < -0.4 is 0 Å². The lowest BCUT2D eigenvalue weighted by molar-refractivity contribution is -0.877. The Balaban J connectivity index is 2.17. The number of rotatable bonds is 2. The second-order valence-electron chi connectivity index (χ2n) is 3.66. The number of aliphatic hydroxyl groups excluding tert-OH is 1. The van der Waals surface area contributed by atoms with Crippen LogP contribution in [0.25, 0.3) is 0 Å². The molecule has 0 aliphatic carbocycles. The predicted molar refractivity (Wildman–Crippen MR) is 55.5 cm³/mol. The van der Waals surface area contributed by atoms with E-state index in [1.54, 1.807) is 6.20 Å². The van der Waals surface area contributed by atoms with Crippen molar-refractivity contribution in [1.29, 1.82) is 0 Å². The Labute approximate surface area is 83.2 Å². The van der Waals surface area contributed by atoms with Crippen molar-refractivity contribution in [3.05, 3.63) is 47.9 Å². The highest BCUT2D eigenvalue weighted by Gasteiger charge is 2.24. The Kier molecular flexibility index (Phi) is 2.09. The minimum Gasteiger partial charge on any atom is -0.502 e. The van der Waals surface area contributed by atoms with Crippen LogP contribution in [0.2, 0.25) is 0 Å². The van der Waals surface area contributed by atoms with Crippen LogP contribution in [0.15, 0.2) is 47.4 Å². The maximum atomic E-state index is 9.24. The van der Waals surface area contributed by atoms with Crippen molar-refractivity contribution < 1.29 is 9.70 Å². The van der Waals surface area contributed by atoms with Gasteiger partial charge in [-0.2, -0.15) is 4.59 Å². The average molecular weight is 189 g/mol. The van der Waals surface area contributed by atoms with Gasteiger partial charge in [-0.25, -0.2) is 0 Å². The van der Waals surface area contributed by atoms with Crippen LogP contribution in [0.1, 0.15) is 5.56 Å². The van der Waals surface area contributed by atoms with Crippen molar-refractivity contribution in [2.45, 2.75) is 6.54 Å². The lowest BCUT2D eigenvalue weighted by Gasteiger charge is -2.19. The average Bonchev–Trinajstić information content (AvgIpc) is 2.47. The normalized spacial score (nSPS) is 25.1. The van der Waals surface area contributed by atoms with Gasteiger partial charge in [-0.15, -0.1) is 0 Å². The molecule has 0 radical (unpaired) electrons. The fourth-order valence-electron chi connectivity index (χ4n) is 1.58. The van der Waals surface area contributed by atoms with Crippen molar-refractivity contribution in [2.75, 3.05) is 7.05 Å². The third kappa shape index (κ3) is 1.83. The Bertz CT molecular complexity index is 384. The van der Waals surface area contributed by atoms with Gasteiger partial charge in [0.25, 0.3) is 0 Å². The molecule has 1 aliphatic rings. The highest BCUT2D eigenvalue weighted by atomic mass is 16.3. The molecule has 1 heterocycles. The second-order valence-corrected chi connectivity index (χ2v) is 3.66. The summed E-state index contributed by atoms with van der Waals surface area (Å²) in [7, 11) is 1.95.